The van der Waals surface area contributed by atoms with Crippen LogP contribution in [-0.2, 0) is 27.4 Å². The van der Waals surface area contributed by atoms with Crippen molar-refractivity contribution >= 4 is 45.8 Å². The molecule has 2 aromatic heterocycles. The van der Waals surface area contributed by atoms with Crippen LogP contribution in [0.3, 0.4) is 0 Å². The van der Waals surface area contributed by atoms with Gasteiger partial charge in [0.1, 0.15) is 46.7 Å². The van der Waals surface area contributed by atoms with Gasteiger partial charge in [0.15, 0.2) is 5.82 Å². The fourth-order valence-electron chi connectivity index (χ4n) is 9.39. The van der Waals surface area contributed by atoms with Crippen molar-refractivity contribution in [3.8, 4) is 17.1 Å². The number of benzene rings is 2. The van der Waals surface area contributed by atoms with Gasteiger partial charge in [-0.3, -0.25) is 10.2 Å². The van der Waals surface area contributed by atoms with Crippen molar-refractivity contribution in [2.75, 3.05) is 43.0 Å². The van der Waals surface area contributed by atoms with Crippen molar-refractivity contribution in [2.24, 2.45) is 0 Å². The zero-order valence-corrected chi connectivity index (χ0v) is 33.0. The summed E-state index contributed by atoms with van der Waals surface area (Å²) in [6.45, 7) is 12.7. The van der Waals surface area contributed by atoms with E-state index in [-0.39, 0.29) is 71.4 Å². The zero-order valence-electron chi connectivity index (χ0n) is 33.0. The Morgan fingerprint density at radius 2 is 1.72 bits per heavy atom. The Labute approximate surface area is 327 Å². The van der Waals surface area contributed by atoms with Crippen molar-refractivity contribution in [3.63, 3.8) is 0 Å². The van der Waals surface area contributed by atoms with E-state index in [4.69, 9.17) is 28.3 Å². The van der Waals surface area contributed by atoms with Gasteiger partial charge in [-0.05, 0) is 90.6 Å². The van der Waals surface area contributed by atoms with Gasteiger partial charge in [-0.1, -0.05) is 0 Å². The first-order chi connectivity index (χ1) is 27.0. The highest BCUT2D eigenvalue weighted by molar-refractivity contribution is 6.04. The van der Waals surface area contributed by atoms with Crippen LogP contribution in [0.4, 0.5) is 34.5 Å². The minimum Gasteiger partial charge on any atom is -0.461 e. The number of carbonyl (C=O) groups is 2. The Bertz CT molecular complexity index is 2290. The monoisotopic (exact) mass is 792 g/mol. The van der Waals surface area contributed by atoms with Crippen LogP contribution < -0.4 is 15.0 Å². The number of fused-ring (bicyclic) bond motifs is 7. The van der Waals surface area contributed by atoms with E-state index in [0.29, 0.717) is 48.4 Å². The lowest BCUT2D eigenvalue weighted by Crippen LogP contribution is -2.70. The molecule has 0 saturated carbocycles. The summed E-state index contributed by atoms with van der Waals surface area (Å²) in [5.74, 6) is -1.09. The maximum absolute atomic E-state index is 17.7. The van der Waals surface area contributed by atoms with E-state index in [9.17, 15) is 14.0 Å². The molecule has 7 heterocycles. The number of amides is 2. The van der Waals surface area contributed by atoms with Crippen molar-refractivity contribution < 1.29 is 46.1 Å². The van der Waals surface area contributed by atoms with Gasteiger partial charge in [-0.2, -0.15) is 9.97 Å². The molecule has 4 saturated heterocycles. The second-order valence-electron chi connectivity index (χ2n) is 18.0. The van der Waals surface area contributed by atoms with E-state index in [1.807, 2.05) is 20.8 Å². The molecule has 2 unspecified atom stereocenters. The molecular formula is C41H47F3N6O7. The van der Waals surface area contributed by atoms with Crippen molar-refractivity contribution in [1.82, 2.24) is 19.8 Å². The molecule has 5 aliphatic heterocycles. The predicted molar refractivity (Wildman–Crippen MR) is 204 cm³/mol. The Morgan fingerprint density at radius 3 is 2.46 bits per heavy atom. The largest absolute Gasteiger partial charge is 0.461 e. The van der Waals surface area contributed by atoms with E-state index in [0.717, 1.165) is 25.8 Å². The van der Waals surface area contributed by atoms with Gasteiger partial charge in [-0.25, -0.2) is 22.8 Å². The van der Waals surface area contributed by atoms with Crippen LogP contribution in [-0.4, -0.2) is 99.7 Å². The van der Waals surface area contributed by atoms with Crippen LogP contribution in [0.1, 0.15) is 78.4 Å². The number of hydrogen-bond donors (Lipinski definition) is 1. The molecule has 13 nitrogen and oxygen atoms in total. The molecule has 0 spiro atoms. The highest BCUT2D eigenvalue weighted by Crippen LogP contribution is 2.49. The summed E-state index contributed by atoms with van der Waals surface area (Å²) in [7, 11) is 0. The van der Waals surface area contributed by atoms with Crippen LogP contribution in [0, 0.1) is 11.6 Å². The van der Waals surface area contributed by atoms with Gasteiger partial charge in [0.2, 0.25) is 5.88 Å². The summed E-state index contributed by atoms with van der Waals surface area (Å²) in [5, 5.41) is 3.20. The molecule has 5 aliphatic rings. The van der Waals surface area contributed by atoms with Gasteiger partial charge >= 0.3 is 18.2 Å². The number of piperidine rings is 1. The number of anilines is 2. The first-order valence-corrected chi connectivity index (χ1v) is 19.6. The number of rotatable bonds is 6. The maximum Gasteiger partial charge on any atom is 0.414 e. The fourth-order valence-corrected chi connectivity index (χ4v) is 9.39. The first kappa shape index (κ1) is 37.7. The Hall–Kier alpha value is -4.83. The smallest absolute Gasteiger partial charge is 0.414 e. The lowest BCUT2D eigenvalue weighted by molar-refractivity contribution is 0.00841. The van der Waals surface area contributed by atoms with Gasteiger partial charge in [-0.15, -0.1) is 0 Å². The quantitative estimate of drug-likeness (QED) is 0.205. The number of furan rings is 1. The highest BCUT2D eigenvalue weighted by atomic mass is 19.1. The molecule has 2 amide bonds. The summed E-state index contributed by atoms with van der Waals surface area (Å²) < 4.78 is 77.8. The van der Waals surface area contributed by atoms with Crippen LogP contribution >= 0.6 is 0 Å². The van der Waals surface area contributed by atoms with Crippen molar-refractivity contribution in [3.05, 3.63) is 41.0 Å². The third kappa shape index (κ3) is 6.67. The summed E-state index contributed by atoms with van der Waals surface area (Å²) in [6, 6.07) is 3.66. The summed E-state index contributed by atoms with van der Waals surface area (Å²) >= 11 is 0. The lowest BCUT2D eigenvalue weighted by atomic mass is 9.86. The van der Waals surface area contributed by atoms with Gasteiger partial charge in [0.05, 0.1) is 36.2 Å². The van der Waals surface area contributed by atoms with Crippen LogP contribution in [0.2, 0.25) is 0 Å². The third-order valence-corrected chi connectivity index (χ3v) is 11.6. The van der Waals surface area contributed by atoms with E-state index in [1.54, 1.807) is 25.7 Å². The number of piperazine rings is 1. The van der Waals surface area contributed by atoms with Crippen LogP contribution in [0.25, 0.3) is 33.0 Å². The number of hydrogen-bond acceptors (Lipinski definition) is 11. The highest BCUT2D eigenvalue weighted by Gasteiger charge is 2.51. The zero-order chi connectivity index (χ0) is 40.2. The van der Waals surface area contributed by atoms with Gasteiger partial charge in [0, 0.05) is 48.6 Å². The third-order valence-electron chi connectivity index (χ3n) is 11.6. The second-order valence-corrected chi connectivity index (χ2v) is 18.0. The van der Waals surface area contributed by atoms with E-state index < -0.39 is 46.7 Å². The first-order valence-electron chi connectivity index (χ1n) is 19.6. The number of likely N-dealkylation sites (tertiary alicyclic amines) is 1. The molecule has 9 rings (SSSR count). The minimum atomic E-state index is -0.974. The molecule has 0 aliphatic carbocycles. The molecule has 304 valence electrons. The minimum absolute atomic E-state index is 0.00601. The molecule has 0 radical (unpaired) electrons. The molecule has 2 aromatic carbocycles. The molecular weight excluding hydrogens is 745 g/mol. The molecule has 1 N–H and O–H groups in total. The second kappa shape index (κ2) is 13.4. The average molecular weight is 793 g/mol. The fraction of sp³-hybridized carbons (Fsp3) is 0.561. The number of aromatic nitrogens is 2. The molecule has 2 bridgehead atoms. The normalized spacial score (nSPS) is 24.5. The number of alkyl halides is 1. The van der Waals surface area contributed by atoms with Crippen LogP contribution in [0.5, 0.6) is 6.01 Å². The standard InChI is InChI=1S/C41H47F3N6O7/c1-39(2,3)56-37(51)45-29-13-24-28(55-29)9-8-27(43)30(24)31-25-18-53-19-26(25)32-34(33(31)44)46-36(54-20-41-10-7-11-49(41)15-21(42)14-41)47-35(32)50-22-12-23(50)17-48(16-22)38(52)57-40(4,5)6/h8-9,13,21-23H,7,10-12,14-20H2,1-6H3,(H,45,51)/t21-,22?,23?,41+/m1/s1. The number of halogens is 3. The van der Waals surface area contributed by atoms with Crippen molar-refractivity contribution in [1.29, 1.82) is 0 Å². The summed E-state index contributed by atoms with van der Waals surface area (Å²) in [4.78, 5) is 41.2. The molecule has 4 aromatic rings. The predicted octanol–water partition coefficient (Wildman–Crippen LogP) is 7.85. The molecule has 4 atom stereocenters. The summed E-state index contributed by atoms with van der Waals surface area (Å²) in [6.07, 6.45) is 0.633. The Kier molecular flexibility index (Phi) is 8.85. The van der Waals surface area contributed by atoms with E-state index in [1.165, 1.54) is 18.2 Å². The van der Waals surface area contributed by atoms with Crippen molar-refractivity contribution in [2.45, 2.75) is 115 Å². The molecule has 16 heteroatoms. The maximum atomic E-state index is 17.7. The number of carbonyl (C=O) groups excluding carboxylic acids is 2. The Morgan fingerprint density at radius 1 is 0.982 bits per heavy atom. The average Bonchev–Trinajstić information content (AvgIpc) is 3.90. The number of nitrogens with one attached hydrogen (secondary N) is 1. The van der Waals surface area contributed by atoms with E-state index in [2.05, 4.69) is 20.1 Å². The lowest BCUT2D eigenvalue weighted by Gasteiger charge is -2.56. The van der Waals surface area contributed by atoms with Crippen LogP contribution in [0.15, 0.2) is 22.6 Å². The topological polar surface area (TPSA) is 132 Å². The molecule has 57 heavy (non-hydrogen) atoms. The number of nitrogens with zero attached hydrogens (tertiary/aromatic N) is 5. The van der Waals surface area contributed by atoms with Gasteiger partial charge < -0.3 is 33.2 Å². The summed E-state index contributed by atoms with van der Waals surface area (Å²) in [5.41, 5.74) is -0.888. The van der Waals surface area contributed by atoms with E-state index >= 15 is 8.78 Å². The molecule has 4 fully saturated rings. The Balaban J connectivity index is 1.16. The SMILES string of the molecule is CC(C)(C)OC(=O)Nc1cc2c(-c3c4c(c5c(N6C7CC6CN(C(=O)OC(C)(C)C)C7)nc(OC[C@@]67CCCN6C[C@H](F)C7)nc5c3F)COC4)c(F)ccc2o1. The number of ether oxygens (including phenoxy) is 4. The van der Waals surface area contributed by atoms with Gasteiger partial charge in [0.25, 0.3) is 0 Å².